The molecule has 0 radical (unpaired) electrons. The summed E-state index contributed by atoms with van der Waals surface area (Å²) in [6, 6.07) is 14.5. The standard InChI is InChI=1S/C18H16ClN3O2/c19-14-3-7-16(8-4-14)24-12-9-17(23)22-15-5-1-13(2-6-15)18-20-10-11-21-18/h1-8,10-11H,9,12H2,(H,20,21)(H,22,23). The Morgan fingerprint density at radius 3 is 2.54 bits per heavy atom. The number of carbonyl (C=O) groups is 1. The lowest BCUT2D eigenvalue weighted by Gasteiger charge is -2.08. The number of carbonyl (C=O) groups excluding carboxylic acids is 1. The van der Waals surface area contributed by atoms with E-state index in [-0.39, 0.29) is 12.3 Å². The summed E-state index contributed by atoms with van der Waals surface area (Å²) in [6.45, 7) is 0.304. The van der Waals surface area contributed by atoms with Gasteiger partial charge < -0.3 is 15.0 Å². The van der Waals surface area contributed by atoms with Gasteiger partial charge in [0.25, 0.3) is 0 Å². The van der Waals surface area contributed by atoms with Crippen molar-refractivity contribution in [2.45, 2.75) is 6.42 Å². The maximum Gasteiger partial charge on any atom is 0.227 e. The Hall–Kier alpha value is -2.79. The Morgan fingerprint density at radius 2 is 1.88 bits per heavy atom. The maximum absolute atomic E-state index is 11.9. The highest BCUT2D eigenvalue weighted by Gasteiger charge is 2.05. The number of rotatable bonds is 6. The number of H-pyrrole nitrogens is 1. The second kappa shape index (κ2) is 7.66. The second-order valence-corrected chi connectivity index (χ2v) is 5.55. The summed E-state index contributed by atoms with van der Waals surface area (Å²) in [5, 5.41) is 3.49. The fourth-order valence-corrected chi connectivity index (χ4v) is 2.28. The highest BCUT2D eigenvalue weighted by molar-refractivity contribution is 6.30. The van der Waals surface area contributed by atoms with E-state index in [9.17, 15) is 4.79 Å². The number of imidazole rings is 1. The third-order valence-corrected chi connectivity index (χ3v) is 3.60. The van der Waals surface area contributed by atoms with E-state index in [1.165, 1.54) is 0 Å². The van der Waals surface area contributed by atoms with Crippen molar-refractivity contribution in [3.63, 3.8) is 0 Å². The van der Waals surface area contributed by atoms with Gasteiger partial charge in [0.2, 0.25) is 5.91 Å². The Kier molecular flexibility index (Phi) is 5.13. The minimum Gasteiger partial charge on any atom is -0.493 e. The molecular weight excluding hydrogens is 326 g/mol. The van der Waals surface area contributed by atoms with E-state index in [0.717, 1.165) is 17.1 Å². The van der Waals surface area contributed by atoms with Crippen LogP contribution in [0.4, 0.5) is 5.69 Å². The van der Waals surface area contributed by atoms with Crippen molar-refractivity contribution in [3.05, 3.63) is 65.9 Å². The summed E-state index contributed by atoms with van der Waals surface area (Å²) in [5.74, 6) is 1.38. The molecule has 0 saturated carbocycles. The van der Waals surface area contributed by atoms with Gasteiger partial charge in [-0.3, -0.25) is 4.79 Å². The summed E-state index contributed by atoms with van der Waals surface area (Å²) in [4.78, 5) is 19.2. The minimum atomic E-state index is -0.102. The normalized spacial score (nSPS) is 10.4. The zero-order valence-electron chi connectivity index (χ0n) is 12.8. The van der Waals surface area contributed by atoms with E-state index in [2.05, 4.69) is 15.3 Å². The maximum atomic E-state index is 11.9. The molecule has 5 nitrogen and oxygen atoms in total. The molecule has 2 aromatic carbocycles. The zero-order chi connectivity index (χ0) is 16.8. The average molecular weight is 342 g/mol. The number of nitrogens with one attached hydrogen (secondary N) is 2. The molecule has 0 atom stereocenters. The number of aromatic nitrogens is 2. The molecule has 3 rings (SSSR count). The Morgan fingerprint density at radius 1 is 1.12 bits per heavy atom. The minimum absolute atomic E-state index is 0.102. The lowest BCUT2D eigenvalue weighted by Crippen LogP contribution is -2.15. The number of anilines is 1. The number of hydrogen-bond donors (Lipinski definition) is 2. The van der Waals surface area contributed by atoms with Crippen LogP contribution in [0.1, 0.15) is 6.42 Å². The number of amides is 1. The summed E-state index contributed by atoms with van der Waals surface area (Å²) >= 11 is 5.80. The molecule has 6 heteroatoms. The van der Waals surface area contributed by atoms with Crippen LogP contribution in [0.2, 0.25) is 5.02 Å². The quantitative estimate of drug-likeness (QED) is 0.708. The first-order chi connectivity index (χ1) is 11.7. The van der Waals surface area contributed by atoms with Crippen LogP contribution >= 0.6 is 11.6 Å². The van der Waals surface area contributed by atoms with Crippen molar-refractivity contribution in [2.75, 3.05) is 11.9 Å². The summed E-state index contributed by atoms with van der Waals surface area (Å²) in [5.41, 5.74) is 1.70. The van der Waals surface area contributed by atoms with Crippen LogP contribution in [0.5, 0.6) is 5.75 Å². The molecule has 0 aliphatic rings. The number of ether oxygens (including phenoxy) is 1. The molecular formula is C18H16ClN3O2. The van der Waals surface area contributed by atoms with Crippen molar-refractivity contribution >= 4 is 23.2 Å². The first-order valence-electron chi connectivity index (χ1n) is 7.49. The largest absolute Gasteiger partial charge is 0.493 e. The van der Waals surface area contributed by atoms with Gasteiger partial charge in [0.1, 0.15) is 11.6 Å². The molecule has 1 heterocycles. The van der Waals surface area contributed by atoms with E-state index in [1.54, 1.807) is 36.7 Å². The second-order valence-electron chi connectivity index (χ2n) is 5.12. The van der Waals surface area contributed by atoms with E-state index in [1.807, 2.05) is 24.3 Å². The van der Waals surface area contributed by atoms with Gasteiger partial charge in [-0.1, -0.05) is 11.6 Å². The van der Waals surface area contributed by atoms with E-state index in [4.69, 9.17) is 16.3 Å². The van der Waals surface area contributed by atoms with Gasteiger partial charge in [-0.05, 0) is 48.5 Å². The molecule has 1 amide bonds. The Labute approximate surface area is 144 Å². The number of aromatic amines is 1. The van der Waals surface area contributed by atoms with Crippen LogP contribution in [0.25, 0.3) is 11.4 Å². The zero-order valence-corrected chi connectivity index (χ0v) is 13.6. The summed E-state index contributed by atoms with van der Waals surface area (Å²) in [7, 11) is 0. The van der Waals surface area contributed by atoms with Crippen LogP contribution in [0.15, 0.2) is 60.9 Å². The summed E-state index contributed by atoms with van der Waals surface area (Å²) in [6.07, 6.45) is 3.74. The SMILES string of the molecule is O=C(CCOc1ccc(Cl)cc1)Nc1ccc(-c2ncc[nH]2)cc1. The third kappa shape index (κ3) is 4.36. The van der Waals surface area contributed by atoms with Gasteiger partial charge in [-0.2, -0.15) is 0 Å². The molecule has 0 aliphatic heterocycles. The van der Waals surface area contributed by atoms with Crippen LogP contribution in [0, 0.1) is 0 Å². The molecule has 24 heavy (non-hydrogen) atoms. The fourth-order valence-electron chi connectivity index (χ4n) is 2.15. The Bertz CT molecular complexity index is 784. The molecule has 0 bridgehead atoms. The van der Waals surface area contributed by atoms with Gasteiger partial charge in [0.15, 0.2) is 0 Å². The molecule has 3 aromatic rings. The molecule has 1 aromatic heterocycles. The van der Waals surface area contributed by atoms with Crippen molar-refractivity contribution in [2.24, 2.45) is 0 Å². The molecule has 122 valence electrons. The first-order valence-corrected chi connectivity index (χ1v) is 7.86. The van der Waals surface area contributed by atoms with E-state index < -0.39 is 0 Å². The third-order valence-electron chi connectivity index (χ3n) is 3.35. The highest BCUT2D eigenvalue weighted by Crippen LogP contribution is 2.18. The predicted molar refractivity (Wildman–Crippen MR) is 94.2 cm³/mol. The van der Waals surface area contributed by atoms with E-state index >= 15 is 0 Å². The van der Waals surface area contributed by atoms with Gasteiger partial charge in [-0.15, -0.1) is 0 Å². The molecule has 0 spiro atoms. The molecule has 0 aliphatic carbocycles. The lowest BCUT2D eigenvalue weighted by molar-refractivity contribution is -0.116. The molecule has 0 fully saturated rings. The molecule has 0 unspecified atom stereocenters. The number of benzene rings is 2. The predicted octanol–water partition coefficient (Wildman–Crippen LogP) is 4.14. The van der Waals surface area contributed by atoms with Gasteiger partial charge >= 0.3 is 0 Å². The number of halogens is 1. The number of nitrogens with zero attached hydrogens (tertiary/aromatic N) is 1. The Balaban J connectivity index is 1.47. The van der Waals surface area contributed by atoms with Gasteiger partial charge in [0.05, 0.1) is 13.0 Å². The van der Waals surface area contributed by atoms with Crippen LogP contribution < -0.4 is 10.1 Å². The summed E-state index contributed by atoms with van der Waals surface area (Å²) < 4.78 is 5.51. The van der Waals surface area contributed by atoms with Crippen molar-refractivity contribution in [1.29, 1.82) is 0 Å². The van der Waals surface area contributed by atoms with Crippen LogP contribution in [-0.4, -0.2) is 22.5 Å². The highest BCUT2D eigenvalue weighted by atomic mass is 35.5. The molecule has 2 N–H and O–H groups in total. The lowest BCUT2D eigenvalue weighted by atomic mass is 10.2. The first kappa shape index (κ1) is 16.1. The fraction of sp³-hybridized carbons (Fsp3) is 0.111. The van der Waals surface area contributed by atoms with Gasteiger partial charge in [-0.25, -0.2) is 4.98 Å². The van der Waals surface area contributed by atoms with Crippen molar-refractivity contribution in [3.8, 4) is 17.1 Å². The van der Waals surface area contributed by atoms with E-state index in [0.29, 0.717) is 17.4 Å². The van der Waals surface area contributed by atoms with Gasteiger partial charge in [0, 0.05) is 28.7 Å². The average Bonchev–Trinajstić information content (AvgIpc) is 3.12. The van der Waals surface area contributed by atoms with Crippen LogP contribution in [-0.2, 0) is 4.79 Å². The van der Waals surface area contributed by atoms with Crippen molar-refractivity contribution < 1.29 is 9.53 Å². The topological polar surface area (TPSA) is 67.0 Å². The van der Waals surface area contributed by atoms with Crippen LogP contribution in [0.3, 0.4) is 0 Å². The number of hydrogen-bond acceptors (Lipinski definition) is 3. The molecule has 0 saturated heterocycles. The van der Waals surface area contributed by atoms with Crippen molar-refractivity contribution in [1.82, 2.24) is 9.97 Å². The smallest absolute Gasteiger partial charge is 0.227 e. The monoisotopic (exact) mass is 341 g/mol.